The van der Waals surface area contributed by atoms with Crippen LogP contribution in [0.4, 0.5) is 8.78 Å². The number of nitrogens with one attached hydrogen (secondary N) is 1. The summed E-state index contributed by atoms with van der Waals surface area (Å²) in [6.45, 7) is 0.543. The predicted octanol–water partition coefficient (Wildman–Crippen LogP) is 3.36. The van der Waals surface area contributed by atoms with Gasteiger partial charge in [0.2, 0.25) is 0 Å². The van der Waals surface area contributed by atoms with E-state index in [-0.39, 0.29) is 5.82 Å². The summed E-state index contributed by atoms with van der Waals surface area (Å²) in [6, 6.07) is 8.93. The summed E-state index contributed by atoms with van der Waals surface area (Å²) < 4.78 is 32.4. The molecule has 0 aliphatic carbocycles. The Bertz CT molecular complexity index is 584. The lowest BCUT2D eigenvalue weighted by molar-refractivity contribution is 0.411. The monoisotopic (exact) mass is 263 g/mol. The fourth-order valence-electron chi connectivity index (χ4n) is 1.99. The van der Waals surface area contributed by atoms with Crippen molar-refractivity contribution in [3.63, 3.8) is 0 Å². The van der Waals surface area contributed by atoms with Crippen molar-refractivity contribution < 1.29 is 13.5 Å². The van der Waals surface area contributed by atoms with Crippen LogP contribution in [0.2, 0.25) is 0 Å². The standard InChI is InChI=1S/C15H15F2NO/c1-18-9-10-3-4-11(16)7-14(10)13-6-5-12(19-2)8-15(13)17/h3-8,18H,9H2,1-2H3. The van der Waals surface area contributed by atoms with E-state index in [9.17, 15) is 8.78 Å². The second kappa shape index (κ2) is 5.80. The van der Waals surface area contributed by atoms with Gasteiger partial charge in [-0.1, -0.05) is 6.07 Å². The smallest absolute Gasteiger partial charge is 0.134 e. The number of methoxy groups -OCH3 is 1. The van der Waals surface area contributed by atoms with Crippen molar-refractivity contribution in [2.75, 3.05) is 14.2 Å². The first kappa shape index (κ1) is 13.5. The molecule has 0 saturated heterocycles. The number of halogens is 2. The molecule has 19 heavy (non-hydrogen) atoms. The van der Waals surface area contributed by atoms with Gasteiger partial charge in [0.1, 0.15) is 17.4 Å². The van der Waals surface area contributed by atoms with E-state index in [1.165, 1.54) is 25.3 Å². The van der Waals surface area contributed by atoms with Gasteiger partial charge in [-0.25, -0.2) is 8.78 Å². The third-order valence-corrected chi connectivity index (χ3v) is 2.91. The topological polar surface area (TPSA) is 21.3 Å². The largest absolute Gasteiger partial charge is 0.497 e. The van der Waals surface area contributed by atoms with E-state index in [0.29, 0.717) is 23.4 Å². The molecule has 2 aromatic carbocycles. The molecule has 2 aromatic rings. The lowest BCUT2D eigenvalue weighted by atomic mass is 9.98. The summed E-state index contributed by atoms with van der Waals surface area (Å²) in [5.41, 5.74) is 1.76. The van der Waals surface area contributed by atoms with Gasteiger partial charge in [-0.05, 0) is 42.4 Å². The van der Waals surface area contributed by atoms with Crippen LogP contribution in [0.25, 0.3) is 11.1 Å². The Morgan fingerprint density at radius 2 is 1.84 bits per heavy atom. The molecule has 0 heterocycles. The molecule has 0 aromatic heterocycles. The molecule has 0 spiro atoms. The molecule has 1 N–H and O–H groups in total. The quantitative estimate of drug-likeness (QED) is 0.913. The van der Waals surface area contributed by atoms with Crippen molar-refractivity contribution in [2.24, 2.45) is 0 Å². The van der Waals surface area contributed by atoms with Crippen molar-refractivity contribution in [3.8, 4) is 16.9 Å². The maximum Gasteiger partial charge on any atom is 0.134 e. The van der Waals surface area contributed by atoms with E-state index in [0.717, 1.165) is 5.56 Å². The van der Waals surface area contributed by atoms with Crippen LogP contribution >= 0.6 is 0 Å². The summed E-state index contributed by atoms with van der Waals surface area (Å²) in [5, 5.41) is 2.99. The highest BCUT2D eigenvalue weighted by molar-refractivity contribution is 5.68. The average molecular weight is 263 g/mol. The molecule has 0 unspecified atom stereocenters. The van der Waals surface area contributed by atoms with Gasteiger partial charge in [-0.3, -0.25) is 0 Å². The van der Waals surface area contributed by atoms with Gasteiger partial charge >= 0.3 is 0 Å². The zero-order valence-corrected chi connectivity index (χ0v) is 10.8. The Hall–Kier alpha value is -1.94. The first-order valence-electron chi connectivity index (χ1n) is 5.92. The number of hydrogen-bond donors (Lipinski definition) is 1. The SMILES string of the molecule is CNCc1ccc(F)cc1-c1ccc(OC)cc1F. The van der Waals surface area contributed by atoms with Crippen LogP contribution in [-0.2, 0) is 6.54 Å². The van der Waals surface area contributed by atoms with Gasteiger partial charge in [0.05, 0.1) is 7.11 Å². The lowest BCUT2D eigenvalue weighted by Gasteiger charge is -2.11. The molecule has 0 bridgehead atoms. The van der Waals surface area contributed by atoms with Gasteiger partial charge < -0.3 is 10.1 Å². The first-order chi connectivity index (χ1) is 9.15. The third-order valence-electron chi connectivity index (χ3n) is 2.91. The van der Waals surface area contributed by atoms with Gasteiger partial charge in [-0.2, -0.15) is 0 Å². The van der Waals surface area contributed by atoms with E-state index in [4.69, 9.17) is 4.74 Å². The van der Waals surface area contributed by atoms with Crippen LogP contribution in [0, 0.1) is 11.6 Å². The van der Waals surface area contributed by atoms with E-state index in [1.807, 2.05) is 0 Å². The Labute approximate surface area is 111 Å². The van der Waals surface area contributed by atoms with E-state index >= 15 is 0 Å². The normalized spacial score (nSPS) is 10.5. The molecule has 0 amide bonds. The zero-order chi connectivity index (χ0) is 13.8. The number of ether oxygens (including phenoxy) is 1. The van der Waals surface area contributed by atoms with Crippen LogP contribution in [-0.4, -0.2) is 14.2 Å². The van der Waals surface area contributed by atoms with Gasteiger partial charge in [0, 0.05) is 18.2 Å². The lowest BCUT2D eigenvalue weighted by Crippen LogP contribution is -2.07. The molecule has 0 aliphatic heterocycles. The molecular formula is C15H15F2NO. The minimum atomic E-state index is -0.428. The molecular weight excluding hydrogens is 248 g/mol. The van der Waals surface area contributed by atoms with Crippen LogP contribution in [0.1, 0.15) is 5.56 Å². The maximum absolute atomic E-state index is 14.1. The van der Waals surface area contributed by atoms with Crippen LogP contribution in [0.5, 0.6) is 5.75 Å². The second-order valence-corrected chi connectivity index (χ2v) is 4.18. The fraction of sp³-hybridized carbons (Fsp3) is 0.200. The molecule has 100 valence electrons. The van der Waals surface area contributed by atoms with E-state index < -0.39 is 5.82 Å². The summed E-state index contributed by atoms with van der Waals surface area (Å²) in [6.07, 6.45) is 0. The Morgan fingerprint density at radius 1 is 1.05 bits per heavy atom. The van der Waals surface area contributed by atoms with Crippen LogP contribution in [0.3, 0.4) is 0 Å². The molecule has 0 aliphatic rings. The minimum Gasteiger partial charge on any atom is -0.497 e. The molecule has 0 atom stereocenters. The second-order valence-electron chi connectivity index (χ2n) is 4.18. The Kier molecular flexibility index (Phi) is 4.12. The van der Waals surface area contributed by atoms with Gasteiger partial charge in [0.15, 0.2) is 0 Å². The summed E-state index contributed by atoms with van der Waals surface area (Å²) in [7, 11) is 3.26. The summed E-state index contributed by atoms with van der Waals surface area (Å²) in [5.74, 6) is -0.375. The molecule has 4 heteroatoms. The first-order valence-corrected chi connectivity index (χ1v) is 5.92. The molecule has 0 radical (unpaired) electrons. The molecule has 0 fully saturated rings. The number of hydrogen-bond acceptors (Lipinski definition) is 2. The minimum absolute atomic E-state index is 0.366. The zero-order valence-electron chi connectivity index (χ0n) is 10.8. The van der Waals surface area contributed by atoms with E-state index in [2.05, 4.69) is 5.32 Å². The number of benzene rings is 2. The maximum atomic E-state index is 14.1. The highest BCUT2D eigenvalue weighted by atomic mass is 19.1. The highest BCUT2D eigenvalue weighted by Crippen LogP contribution is 2.29. The molecule has 2 nitrogen and oxygen atoms in total. The van der Waals surface area contributed by atoms with Gasteiger partial charge in [0.25, 0.3) is 0 Å². The highest BCUT2D eigenvalue weighted by Gasteiger charge is 2.11. The summed E-state index contributed by atoms with van der Waals surface area (Å²) >= 11 is 0. The molecule has 2 rings (SSSR count). The van der Waals surface area contributed by atoms with Crippen molar-refractivity contribution in [1.29, 1.82) is 0 Å². The predicted molar refractivity (Wildman–Crippen MR) is 71.1 cm³/mol. The van der Waals surface area contributed by atoms with Crippen molar-refractivity contribution in [1.82, 2.24) is 5.32 Å². The van der Waals surface area contributed by atoms with Gasteiger partial charge in [-0.15, -0.1) is 0 Å². The Morgan fingerprint density at radius 3 is 2.47 bits per heavy atom. The van der Waals surface area contributed by atoms with Crippen molar-refractivity contribution in [3.05, 3.63) is 53.6 Å². The van der Waals surface area contributed by atoms with E-state index in [1.54, 1.807) is 25.2 Å². The summed E-state index contributed by atoms with van der Waals surface area (Å²) in [4.78, 5) is 0. The third kappa shape index (κ3) is 2.90. The Balaban J connectivity index is 2.54. The number of rotatable bonds is 4. The van der Waals surface area contributed by atoms with Crippen molar-refractivity contribution in [2.45, 2.75) is 6.54 Å². The van der Waals surface area contributed by atoms with Crippen molar-refractivity contribution >= 4 is 0 Å². The van der Waals surface area contributed by atoms with Crippen LogP contribution in [0.15, 0.2) is 36.4 Å². The average Bonchev–Trinajstić information content (AvgIpc) is 2.41. The van der Waals surface area contributed by atoms with Crippen LogP contribution < -0.4 is 10.1 Å². The fourth-order valence-corrected chi connectivity index (χ4v) is 1.99. The molecule has 0 saturated carbocycles.